The number of amides is 2. The number of carbonyl (C=O) groups excluding carboxylic acids is 2. The molecular weight excluding hydrogens is 268 g/mol. The summed E-state index contributed by atoms with van der Waals surface area (Å²) < 4.78 is 5.18. The summed E-state index contributed by atoms with van der Waals surface area (Å²) in [5, 5.41) is 0. The normalized spacial score (nSPS) is 10.4. The summed E-state index contributed by atoms with van der Waals surface area (Å²) in [5.41, 5.74) is 5.53. The van der Waals surface area contributed by atoms with Crippen molar-refractivity contribution >= 4 is 17.9 Å². The Morgan fingerprint density at radius 2 is 1.95 bits per heavy atom. The molecule has 0 aromatic heterocycles. The van der Waals surface area contributed by atoms with Gasteiger partial charge in [0.2, 0.25) is 5.91 Å². The number of carbonyl (C=O) groups is 2. The predicted octanol–water partition coefficient (Wildman–Crippen LogP) is 2.44. The molecule has 0 atom stereocenters. The van der Waals surface area contributed by atoms with Crippen LogP contribution in [0.5, 0.6) is 5.75 Å². The number of unbranched alkanes of at least 4 members (excludes halogenated alkanes) is 2. The van der Waals surface area contributed by atoms with Gasteiger partial charge in [-0.05, 0) is 18.6 Å². The van der Waals surface area contributed by atoms with Crippen molar-refractivity contribution in [2.24, 2.45) is 0 Å². The molecule has 2 amide bonds. The molecule has 1 rings (SSSR count). The second-order valence-electron chi connectivity index (χ2n) is 4.57. The fraction of sp³-hybridized carbons (Fsp3) is 0.375. The first-order chi connectivity index (χ1) is 10.2. The molecule has 0 heterocycles. The van der Waals surface area contributed by atoms with Crippen LogP contribution in [0.25, 0.3) is 6.08 Å². The van der Waals surface area contributed by atoms with Crippen molar-refractivity contribution in [3.8, 4) is 5.75 Å². The zero-order valence-corrected chi connectivity index (χ0v) is 12.5. The molecule has 0 aliphatic heterocycles. The largest absolute Gasteiger partial charge is 0.496 e. The van der Waals surface area contributed by atoms with Gasteiger partial charge < -0.3 is 4.74 Å². The first-order valence-corrected chi connectivity index (χ1v) is 7.07. The average Bonchev–Trinajstić information content (AvgIpc) is 2.51. The molecule has 0 bridgehead atoms. The maximum absolute atomic E-state index is 11.6. The number of para-hydroxylation sites is 1. The Hall–Kier alpha value is -2.30. The maximum atomic E-state index is 11.6. The number of rotatable bonds is 7. The van der Waals surface area contributed by atoms with Gasteiger partial charge >= 0.3 is 0 Å². The molecule has 0 spiro atoms. The van der Waals surface area contributed by atoms with E-state index in [4.69, 9.17) is 4.74 Å². The molecule has 0 saturated carbocycles. The van der Waals surface area contributed by atoms with Crippen molar-refractivity contribution in [1.82, 2.24) is 10.9 Å². The first kappa shape index (κ1) is 16.8. The summed E-state index contributed by atoms with van der Waals surface area (Å²) in [4.78, 5) is 23.0. The van der Waals surface area contributed by atoms with E-state index in [9.17, 15) is 9.59 Å². The van der Waals surface area contributed by atoms with Gasteiger partial charge in [-0.2, -0.15) is 0 Å². The minimum absolute atomic E-state index is 0.178. The predicted molar refractivity (Wildman–Crippen MR) is 82.5 cm³/mol. The number of methoxy groups -OCH3 is 1. The summed E-state index contributed by atoms with van der Waals surface area (Å²) in [7, 11) is 1.57. The second kappa shape index (κ2) is 9.58. The molecule has 0 radical (unpaired) electrons. The van der Waals surface area contributed by atoms with Crippen LogP contribution in [0.1, 0.15) is 38.2 Å². The fourth-order valence-corrected chi connectivity index (χ4v) is 1.74. The van der Waals surface area contributed by atoms with E-state index < -0.39 is 0 Å². The standard InChI is InChI=1S/C16H22N2O3/c1-3-4-5-10-15(19)17-18-16(20)12-11-13-8-6-7-9-14(13)21-2/h6-9,11-12H,3-5,10H2,1-2H3,(H,17,19)(H,18,20). The Bertz CT molecular complexity index is 498. The molecule has 0 aliphatic rings. The first-order valence-electron chi connectivity index (χ1n) is 7.07. The van der Waals surface area contributed by atoms with Crippen molar-refractivity contribution in [1.29, 1.82) is 0 Å². The number of hydrogen-bond acceptors (Lipinski definition) is 3. The third-order valence-electron chi connectivity index (χ3n) is 2.89. The lowest BCUT2D eigenvalue weighted by Gasteiger charge is -2.05. The highest BCUT2D eigenvalue weighted by molar-refractivity contribution is 5.93. The van der Waals surface area contributed by atoms with Crippen LogP contribution in [0, 0.1) is 0 Å². The van der Waals surface area contributed by atoms with Crippen molar-refractivity contribution in [3.63, 3.8) is 0 Å². The van der Waals surface area contributed by atoms with E-state index in [1.807, 2.05) is 24.3 Å². The van der Waals surface area contributed by atoms with E-state index >= 15 is 0 Å². The van der Waals surface area contributed by atoms with Gasteiger partial charge in [-0.3, -0.25) is 20.4 Å². The fourth-order valence-electron chi connectivity index (χ4n) is 1.74. The molecule has 5 nitrogen and oxygen atoms in total. The van der Waals surface area contributed by atoms with Crippen molar-refractivity contribution in [3.05, 3.63) is 35.9 Å². The molecule has 1 aromatic rings. The Labute approximate surface area is 125 Å². The minimum atomic E-state index is -0.384. The van der Waals surface area contributed by atoms with Crippen LogP contribution in [-0.2, 0) is 9.59 Å². The number of nitrogens with one attached hydrogen (secondary N) is 2. The van der Waals surface area contributed by atoms with Gasteiger partial charge in [0.25, 0.3) is 5.91 Å². The second-order valence-corrected chi connectivity index (χ2v) is 4.57. The maximum Gasteiger partial charge on any atom is 0.262 e. The Morgan fingerprint density at radius 3 is 2.67 bits per heavy atom. The number of benzene rings is 1. The third-order valence-corrected chi connectivity index (χ3v) is 2.89. The van der Waals surface area contributed by atoms with Crippen molar-refractivity contribution in [2.75, 3.05) is 7.11 Å². The van der Waals surface area contributed by atoms with Gasteiger partial charge in [0.1, 0.15) is 5.75 Å². The zero-order chi connectivity index (χ0) is 15.5. The molecule has 5 heteroatoms. The van der Waals surface area contributed by atoms with Crippen LogP contribution in [0.4, 0.5) is 0 Å². The van der Waals surface area contributed by atoms with Crippen LogP contribution in [0.2, 0.25) is 0 Å². The van der Waals surface area contributed by atoms with Crippen LogP contribution >= 0.6 is 0 Å². The highest BCUT2D eigenvalue weighted by atomic mass is 16.5. The average molecular weight is 290 g/mol. The van der Waals surface area contributed by atoms with Crippen LogP contribution in [0.15, 0.2) is 30.3 Å². The van der Waals surface area contributed by atoms with Gasteiger partial charge in [-0.15, -0.1) is 0 Å². The van der Waals surface area contributed by atoms with E-state index in [2.05, 4.69) is 17.8 Å². The number of hydrogen-bond donors (Lipinski definition) is 2. The SMILES string of the molecule is CCCCCC(=O)NNC(=O)C=Cc1ccccc1OC. The third kappa shape index (κ3) is 6.61. The molecule has 114 valence electrons. The Morgan fingerprint density at radius 1 is 1.19 bits per heavy atom. The minimum Gasteiger partial charge on any atom is -0.496 e. The van der Waals surface area contributed by atoms with Crippen LogP contribution in [-0.4, -0.2) is 18.9 Å². The Kier molecular flexibility index (Phi) is 7.64. The lowest BCUT2D eigenvalue weighted by Crippen LogP contribution is -2.40. The number of ether oxygens (including phenoxy) is 1. The summed E-state index contributed by atoms with van der Waals surface area (Å²) in [6, 6.07) is 7.36. The molecule has 0 saturated heterocycles. The highest BCUT2D eigenvalue weighted by Gasteiger charge is 2.02. The van der Waals surface area contributed by atoms with E-state index in [1.54, 1.807) is 13.2 Å². The molecule has 21 heavy (non-hydrogen) atoms. The lowest BCUT2D eigenvalue weighted by atomic mass is 10.2. The lowest BCUT2D eigenvalue weighted by molar-refractivity contribution is -0.126. The summed E-state index contributed by atoms with van der Waals surface area (Å²) in [5.74, 6) is 0.123. The molecule has 0 unspecified atom stereocenters. The molecule has 2 N–H and O–H groups in total. The van der Waals surface area contributed by atoms with E-state index in [0.717, 1.165) is 24.8 Å². The molecule has 0 fully saturated rings. The topological polar surface area (TPSA) is 67.4 Å². The van der Waals surface area contributed by atoms with Gasteiger partial charge in [0.15, 0.2) is 0 Å². The van der Waals surface area contributed by atoms with Crippen LogP contribution < -0.4 is 15.6 Å². The van der Waals surface area contributed by atoms with Gasteiger partial charge in [-0.1, -0.05) is 38.0 Å². The highest BCUT2D eigenvalue weighted by Crippen LogP contribution is 2.18. The van der Waals surface area contributed by atoms with E-state index in [-0.39, 0.29) is 11.8 Å². The summed E-state index contributed by atoms with van der Waals surface area (Å²) in [6.07, 6.45) is 6.30. The summed E-state index contributed by atoms with van der Waals surface area (Å²) >= 11 is 0. The van der Waals surface area contributed by atoms with Crippen molar-refractivity contribution < 1.29 is 14.3 Å². The van der Waals surface area contributed by atoms with Gasteiger partial charge in [-0.25, -0.2) is 0 Å². The smallest absolute Gasteiger partial charge is 0.262 e. The zero-order valence-electron chi connectivity index (χ0n) is 12.5. The monoisotopic (exact) mass is 290 g/mol. The van der Waals surface area contributed by atoms with Gasteiger partial charge in [0.05, 0.1) is 7.11 Å². The van der Waals surface area contributed by atoms with Crippen LogP contribution in [0.3, 0.4) is 0 Å². The summed E-state index contributed by atoms with van der Waals surface area (Å²) in [6.45, 7) is 2.07. The molecule has 0 aliphatic carbocycles. The van der Waals surface area contributed by atoms with Crippen molar-refractivity contribution in [2.45, 2.75) is 32.6 Å². The number of hydrazine groups is 1. The molecular formula is C16H22N2O3. The molecule has 1 aromatic carbocycles. The van der Waals surface area contributed by atoms with E-state index in [0.29, 0.717) is 12.2 Å². The Balaban J connectivity index is 2.39. The quantitative estimate of drug-likeness (QED) is 0.460. The van der Waals surface area contributed by atoms with E-state index in [1.165, 1.54) is 6.08 Å². The van der Waals surface area contributed by atoms with Gasteiger partial charge in [0, 0.05) is 18.1 Å².